The topological polar surface area (TPSA) is 67.1 Å². The highest BCUT2D eigenvalue weighted by Gasteiger charge is 2.37. The zero-order valence-corrected chi connectivity index (χ0v) is 16.8. The molecule has 0 saturated heterocycles. The van der Waals surface area contributed by atoms with Gasteiger partial charge in [0.2, 0.25) is 0 Å². The predicted molar refractivity (Wildman–Crippen MR) is 107 cm³/mol. The van der Waals surface area contributed by atoms with Crippen molar-refractivity contribution in [3.8, 4) is 0 Å². The monoisotopic (exact) mass is 416 g/mol. The Hall–Kier alpha value is -1.73. The summed E-state index contributed by atoms with van der Waals surface area (Å²) in [6.45, 7) is 5.22. The SMILES string of the molecule is C[C@H]1CCCC1N=C1CC(C)(NCc2cccnc2)n2ncc(Br)c2N1. The Balaban J connectivity index is 1.60. The van der Waals surface area contributed by atoms with E-state index in [1.807, 2.05) is 23.1 Å². The minimum Gasteiger partial charge on any atom is -0.328 e. The lowest BCUT2D eigenvalue weighted by atomic mass is 10.0. The zero-order valence-electron chi connectivity index (χ0n) is 15.2. The van der Waals surface area contributed by atoms with E-state index in [2.05, 4.69) is 56.6 Å². The van der Waals surface area contributed by atoms with Crippen LogP contribution < -0.4 is 10.6 Å². The molecule has 0 spiro atoms. The summed E-state index contributed by atoms with van der Waals surface area (Å²) < 4.78 is 2.98. The summed E-state index contributed by atoms with van der Waals surface area (Å²) in [6.07, 6.45) is 10.1. The Bertz CT molecular complexity index is 802. The standard InChI is InChI=1S/C19H25BrN6/c1-13-5-3-7-16(13)24-17-9-19(2,22-11-14-6-4-8-21-10-14)26-18(25-17)15(20)12-23-26/h4,6,8,10,12-13,16,22H,3,5,7,9,11H2,1-2H3,(H,24,25)/t13-,16?,19?/m0/s1. The van der Waals surface area contributed by atoms with Crippen LogP contribution in [0, 0.1) is 5.92 Å². The van der Waals surface area contributed by atoms with Crippen LogP contribution in [0.25, 0.3) is 0 Å². The van der Waals surface area contributed by atoms with Gasteiger partial charge >= 0.3 is 0 Å². The van der Waals surface area contributed by atoms with Gasteiger partial charge in [0.05, 0.1) is 16.7 Å². The van der Waals surface area contributed by atoms with Gasteiger partial charge in [0, 0.05) is 25.4 Å². The molecule has 1 aliphatic carbocycles. The average molecular weight is 417 g/mol. The van der Waals surface area contributed by atoms with Gasteiger partial charge in [-0.3, -0.25) is 15.3 Å². The highest BCUT2D eigenvalue weighted by atomic mass is 79.9. The number of hydrogen-bond acceptors (Lipinski definition) is 4. The summed E-state index contributed by atoms with van der Waals surface area (Å²) in [5, 5.41) is 11.7. The van der Waals surface area contributed by atoms with Gasteiger partial charge in [-0.1, -0.05) is 19.4 Å². The summed E-state index contributed by atoms with van der Waals surface area (Å²) in [6, 6.07) is 4.47. The second kappa shape index (κ2) is 7.12. The van der Waals surface area contributed by atoms with E-state index in [4.69, 9.17) is 4.99 Å². The van der Waals surface area contributed by atoms with Crippen molar-refractivity contribution >= 4 is 27.6 Å². The molecule has 4 rings (SSSR count). The maximum atomic E-state index is 5.08. The van der Waals surface area contributed by atoms with Crippen molar-refractivity contribution in [3.63, 3.8) is 0 Å². The van der Waals surface area contributed by atoms with E-state index >= 15 is 0 Å². The molecule has 0 bridgehead atoms. The first-order valence-electron chi connectivity index (χ1n) is 9.27. The molecular formula is C19H25BrN6. The first-order chi connectivity index (χ1) is 12.5. The second-order valence-corrected chi connectivity index (χ2v) is 8.45. The van der Waals surface area contributed by atoms with Crippen LogP contribution in [0.4, 0.5) is 5.82 Å². The smallest absolute Gasteiger partial charge is 0.146 e. The molecule has 0 amide bonds. The Kier molecular flexibility index (Phi) is 4.84. The predicted octanol–water partition coefficient (Wildman–Crippen LogP) is 3.91. The van der Waals surface area contributed by atoms with Crippen molar-refractivity contribution < 1.29 is 0 Å². The lowest BCUT2D eigenvalue weighted by molar-refractivity contribution is 0.222. The normalized spacial score (nSPS) is 29.6. The minimum absolute atomic E-state index is 0.344. The zero-order chi connectivity index (χ0) is 18.1. The van der Waals surface area contributed by atoms with Crippen molar-refractivity contribution in [1.29, 1.82) is 0 Å². The number of nitrogens with one attached hydrogen (secondary N) is 2. The van der Waals surface area contributed by atoms with Crippen LogP contribution in [-0.2, 0) is 12.2 Å². The molecule has 3 heterocycles. The molecule has 2 aromatic heterocycles. The van der Waals surface area contributed by atoms with Crippen LogP contribution in [0.15, 0.2) is 40.2 Å². The number of pyridine rings is 1. The summed E-state index contributed by atoms with van der Waals surface area (Å²) in [7, 11) is 0. The number of halogens is 1. The van der Waals surface area contributed by atoms with Crippen LogP contribution in [0.1, 0.15) is 45.1 Å². The molecule has 1 aliphatic heterocycles. The lowest BCUT2D eigenvalue weighted by Crippen LogP contribution is -2.51. The fourth-order valence-electron chi connectivity index (χ4n) is 3.93. The van der Waals surface area contributed by atoms with E-state index in [1.54, 1.807) is 6.20 Å². The third kappa shape index (κ3) is 3.42. The first-order valence-corrected chi connectivity index (χ1v) is 10.1. The van der Waals surface area contributed by atoms with E-state index < -0.39 is 0 Å². The summed E-state index contributed by atoms with van der Waals surface area (Å²) >= 11 is 3.61. The van der Waals surface area contributed by atoms with Gasteiger partial charge in [-0.2, -0.15) is 5.10 Å². The molecule has 2 N–H and O–H groups in total. The Morgan fingerprint density at radius 3 is 3.04 bits per heavy atom. The van der Waals surface area contributed by atoms with E-state index in [1.165, 1.54) is 19.3 Å². The molecule has 6 nitrogen and oxygen atoms in total. The number of anilines is 1. The first kappa shape index (κ1) is 17.7. The maximum Gasteiger partial charge on any atom is 0.146 e. The van der Waals surface area contributed by atoms with Gasteiger partial charge in [0.1, 0.15) is 17.3 Å². The quantitative estimate of drug-likeness (QED) is 0.792. The molecule has 1 fully saturated rings. The number of amidine groups is 1. The molecule has 138 valence electrons. The molecule has 0 radical (unpaired) electrons. The third-order valence-corrected chi connectivity index (χ3v) is 6.08. The van der Waals surface area contributed by atoms with Gasteiger partial charge in [-0.05, 0) is 53.2 Å². The molecule has 3 atom stereocenters. The van der Waals surface area contributed by atoms with Gasteiger partial charge < -0.3 is 5.32 Å². The summed E-state index contributed by atoms with van der Waals surface area (Å²) in [4.78, 5) is 9.28. The Labute approximate surface area is 162 Å². The van der Waals surface area contributed by atoms with Gasteiger partial charge in [0.15, 0.2) is 0 Å². The van der Waals surface area contributed by atoms with Crippen molar-refractivity contribution in [3.05, 3.63) is 40.8 Å². The number of fused-ring (bicyclic) bond motifs is 1. The van der Waals surface area contributed by atoms with Gasteiger partial charge in [-0.15, -0.1) is 0 Å². The van der Waals surface area contributed by atoms with E-state index in [9.17, 15) is 0 Å². The van der Waals surface area contributed by atoms with E-state index in [0.29, 0.717) is 12.0 Å². The van der Waals surface area contributed by atoms with Crippen molar-refractivity contribution in [2.45, 2.75) is 57.8 Å². The van der Waals surface area contributed by atoms with Crippen LogP contribution in [0.3, 0.4) is 0 Å². The largest absolute Gasteiger partial charge is 0.328 e. The highest BCUT2D eigenvalue weighted by Crippen LogP contribution is 2.35. The van der Waals surface area contributed by atoms with Crippen LogP contribution in [0.2, 0.25) is 0 Å². The molecule has 2 aliphatic rings. The molecule has 0 aromatic carbocycles. The van der Waals surface area contributed by atoms with E-state index in [-0.39, 0.29) is 5.66 Å². The maximum absolute atomic E-state index is 5.08. The van der Waals surface area contributed by atoms with Crippen molar-refractivity contribution in [1.82, 2.24) is 20.1 Å². The van der Waals surface area contributed by atoms with Gasteiger partial charge in [-0.25, -0.2) is 4.68 Å². The number of nitrogens with zero attached hydrogens (tertiary/aromatic N) is 4. The number of aliphatic imine (C=N–C) groups is 1. The molecule has 2 aromatic rings. The molecule has 2 unspecified atom stereocenters. The Morgan fingerprint density at radius 2 is 2.31 bits per heavy atom. The molecule has 7 heteroatoms. The fraction of sp³-hybridized carbons (Fsp3) is 0.526. The summed E-state index contributed by atoms with van der Waals surface area (Å²) in [5.41, 5.74) is 0.811. The summed E-state index contributed by atoms with van der Waals surface area (Å²) in [5.74, 6) is 2.66. The van der Waals surface area contributed by atoms with Crippen LogP contribution >= 0.6 is 15.9 Å². The van der Waals surface area contributed by atoms with Crippen LogP contribution in [0.5, 0.6) is 0 Å². The molecular weight excluding hydrogens is 392 g/mol. The molecule has 26 heavy (non-hydrogen) atoms. The number of aromatic nitrogens is 3. The van der Waals surface area contributed by atoms with Crippen molar-refractivity contribution in [2.24, 2.45) is 10.9 Å². The second-order valence-electron chi connectivity index (χ2n) is 7.59. The third-order valence-electron chi connectivity index (χ3n) is 5.50. The lowest BCUT2D eigenvalue weighted by Gasteiger charge is -2.38. The van der Waals surface area contributed by atoms with Crippen molar-refractivity contribution in [2.75, 3.05) is 5.32 Å². The highest BCUT2D eigenvalue weighted by molar-refractivity contribution is 9.10. The number of hydrogen-bond donors (Lipinski definition) is 2. The minimum atomic E-state index is -0.344. The Morgan fingerprint density at radius 1 is 1.42 bits per heavy atom. The van der Waals surface area contributed by atoms with E-state index in [0.717, 1.165) is 34.7 Å². The molecule has 1 saturated carbocycles. The van der Waals surface area contributed by atoms with Gasteiger partial charge in [0.25, 0.3) is 0 Å². The van der Waals surface area contributed by atoms with Crippen LogP contribution in [-0.4, -0.2) is 26.6 Å². The average Bonchev–Trinajstić information content (AvgIpc) is 3.21. The number of rotatable bonds is 4. The fourth-order valence-corrected chi connectivity index (χ4v) is 4.28.